The molecule has 0 spiro atoms. The summed E-state index contributed by atoms with van der Waals surface area (Å²) in [5.74, 6) is 0.172. The molecular formula is C12H14IN5O2. The van der Waals surface area contributed by atoms with Crippen molar-refractivity contribution in [3.63, 3.8) is 0 Å². The van der Waals surface area contributed by atoms with Crippen molar-refractivity contribution < 1.29 is 9.32 Å². The molecule has 2 aromatic heterocycles. The van der Waals surface area contributed by atoms with E-state index in [1.165, 1.54) is 0 Å². The molecule has 2 aromatic rings. The van der Waals surface area contributed by atoms with Crippen LogP contribution in [-0.2, 0) is 6.54 Å². The van der Waals surface area contributed by atoms with Gasteiger partial charge in [-0.05, 0) is 49.3 Å². The van der Waals surface area contributed by atoms with Crippen LogP contribution >= 0.6 is 22.6 Å². The summed E-state index contributed by atoms with van der Waals surface area (Å²) in [6.07, 6.45) is 2.05. The van der Waals surface area contributed by atoms with E-state index in [4.69, 9.17) is 4.52 Å². The number of halogens is 1. The largest absolute Gasteiger partial charge is 0.345 e. The minimum Gasteiger partial charge on any atom is -0.345 e. The highest BCUT2D eigenvalue weighted by Crippen LogP contribution is 2.19. The van der Waals surface area contributed by atoms with Gasteiger partial charge >= 0.3 is 11.8 Å². The van der Waals surface area contributed by atoms with E-state index >= 15 is 0 Å². The molecule has 1 fully saturated rings. The SMILES string of the molecule is Cc1nn(Cc2noc(C(=O)NC3CC3)n2)c(C)c1I. The highest BCUT2D eigenvalue weighted by molar-refractivity contribution is 14.1. The molecule has 20 heavy (non-hydrogen) atoms. The average Bonchev–Trinajstić information content (AvgIpc) is 3.05. The zero-order chi connectivity index (χ0) is 14.3. The summed E-state index contributed by atoms with van der Waals surface area (Å²) in [6.45, 7) is 4.34. The number of rotatable bonds is 4. The van der Waals surface area contributed by atoms with Crippen LogP contribution in [-0.4, -0.2) is 31.9 Å². The van der Waals surface area contributed by atoms with E-state index in [0.29, 0.717) is 12.4 Å². The lowest BCUT2D eigenvalue weighted by atomic mass is 10.4. The summed E-state index contributed by atoms with van der Waals surface area (Å²) in [7, 11) is 0. The maximum Gasteiger partial charge on any atom is 0.316 e. The normalized spacial score (nSPS) is 14.6. The molecule has 8 heteroatoms. The quantitative estimate of drug-likeness (QED) is 0.803. The van der Waals surface area contributed by atoms with E-state index in [0.717, 1.165) is 27.8 Å². The van der Waals surface area contributed by atoms with E-state index in [-0.39, 0.29) is 17.8 Å². The van der Waals surface area contributed by atoms with E-state index in [1.54, 1.807) is 0 Å². The molecule has 0 unspecified atom stereocenters. The lowest BCUT2D eigenvalue weighted by molar-refractivity contribution is 0.0907. The minimum atomic E-state index is -0.297. The van der Waals surface area contributed by atoms with Crippen LogP contribution in [0.4, 0.5) is 0 Å². The van der Waals surface area contributed by atoms with Gasteiger partial charge in [0.05, 0.1) is 9.26 Å². The second kappa shape index (κ2) is 5.15. The molecule has 0 aromatic carbocycles. The Morgan fingerprint density at radius 1 is 1.50 bits per heavy atom. The van der Waals surface area contributed by atoms with Gasteiger partial charge in [0.15, 0.2) is 5.82 Å². The summed E-state index contributed by atoms with van der Waals surface area (Å²) in [6, 6.07) is 0.274. The molecule has 1 aliphatic rings. The Morgan fingerprint density at radius 3 is 2.85 bits per heavy atom. The Hall–Kier alpha value is -1.45. The molecule has 0 saturated heterocycles. The molecule has 0 radical (unpaired) electrons. The predicted octanol–water partition coefficient (Wildman–Crippen LogP) is 1.43. The Labute approximate surface area is 129 Å². The topological polar surface area (TPSA) is 85.8 Å². The molecule has 1 amide bonds. The van der Waals surface area contributed by atoms with Crippen LogP contribution in [0, 0.1) is 17.4 Å². The van der Waals surface area contributed by atoms with Crippen LogP contribution in [0.25, 0.3) is 0 Å². The average molecular weight is 387 g/mol. The number of aryl methyl sites for hydroxylation is 1. The first-order valence-electron chi connectivity index (χ1n) is 6.37. The van der Waals surface area contributed by atoms with Gasteiger partial charge in [-0.25, -0.2) is 0 Å². The number of carbonyl (C=O) groups is 1. The lowest BCUT2D eigenvalue weighted by Gasteiger charge is -1.99. The number of nitrogens with zero attached hydrogens (tertiary/aromatic N) is 4. The van der Waals surface area contributed by atoms with Crippen LogP contribution in [0.1, 0.15) is 40.7 Å². The van der Waals surface area contributed by atoms with Gasteiger partial charge in [0, 0.05) is 11.7 Å². The van der Waals surface area contributed by atoms with Gasteiger partial charge in [-0.3, -0.25) is 9.48 Å². The summed E-state index contributed by atoms with van der Waals surface area (Å²) in [5.41, 5.74) is 2.02. The van der Waals surface area contributed by atoms with Crippen LogP contribution in [0.5, 0.6) is 0 Å². The summed E-state index contributed by atoms with van der Waals surface area (Å²) < 4.78 is 7.92. The van der Waals surface area contributed by atoms with Crippen molar-refractivity contribution in [2.75, 3.05) is 0 Å². The van der Waals surface area contributed by atoms with Gasteiger partial charge in [-0.15, -0.1) is 0 Å². The fourth-order valence-electron chi connectivity index (χ4n) is 1.85. The fraction of sp³-hybridized carbons (Fsp3) is 0.500. The molecule has 0 aliphatic heterocycles. The molecule has 1 saturated carbocycles. The second-order valence-electron chi connectivity index (χ2n) is 4.91. The molecule has 2 heterocycles. The number of aromatic nitrogens is 4. The third-order valence-corrected chi connectivity index (χ3v) is 4.72. The Morgan fingerprint density at radius 2 is 2.25 bits per heavy atom. The van der Waals surface area contributed by atoms with E-state index in [1.807, 2.05) is 18.5 Å². The van der Waals surface area contributed by atoms with E-state index in [9.17, 15) is 4.79 Å². The molecule has 0 atom stereocenters. The third-order valence-electron chi connectivity index (χ3n) is 3.16. The van der Waals surface area contributed by atoms with Crippen molar-refractivity contribution in [1.82, 2.24) is 25.2 Å². The van der Waals surface area contributed by atoms with Crippen molar-refractivity contribution in [1.29, 1.82) is 0 Å². The summed E-state index contributed by atoms with van der Waals surface area (Å²) in [5, 5.41) is 11.0. The smallest absolute Gasteiger partial charge is 0.316 e. The standard InChI is InChI=1S/C12H14IN5O2/c1-6-10(13)7(2)18(16-6)5-9-15-12(20-17-9)11(19)14-8-3-4-8/h8H,3-5H2,1-2H3,(H,14,19). The monoisotopic (exact) mass is 387 g/mol. The molecule has 1 N–H and O–H groups in total. The molecule has 7 nitrogen and oxygen atoms in total. The maximum absolute atomic E-state index is 11.8. The summed E-state index contributed by atoms with van der Waals surface area (Å²) in [4.78, 5) is 15.9. The maximum atomic E-state index is 11.8. The number of nitrogens with one attached hydrogen (secondary N) is 1. The number of hydrogen-bond acceptors (Lipinski definition) is 5. The first-order valence-corrected chi connectivity index (χ1v) is 7.45. The Balaban J connectivity index is 1.73. The van der Waals surface area contributed by atoms with Gasteiger partial charge in [0.2, 0.25) is 0 Å². The van der Waals surface area contributed by atoms with Gasteiger partial charge in [-0.2, -0.15) is 10.1 Å². The first kappa shape index (κ1) is 13.5. The Kier molecular flexibility index (Phi) is 3.48. The van der Waals surface area contributed by atoms with Crippen LogP contribution in [0.3, 0.4) is 0 Å². The van der Waals surface area contributed by atoms with E-state index < -0.39 is 0 Å². The van der Waals surface area contributed by atoms with Crippen molar-refractivity contribution in [3.05, 3.63) is 26.7 Å². The van der Waals surface area contributed by atoms with Gasteiger partial charge in [0.1, 0.15) is 6.54 Å². The number of carbonyl (C=O) groups excluding carboxylic acids is 1. The van der Waals surface area contributed by atoms with Gasteiger partial charge in [-0.1, -0.05) is 5.16 Å². The molecule has 1 aliphatic carbocycles. The van der Waals surface area contributed by atoms with Gasteiger partial charge < -0.3 is 9.84 Å². The number of hydrogen-bond donors (Lipinski definition) is 1. The first-order chi connectivity index (χ1) is 9.54. The number of amides is 1. The van der Waals surface area contributed by atoms with Crippen LogP contribution < -0.4 is 5.32 Å². The van der Waals surface area contributed by atoms with Crippen LogP contribution in [0.2, 0.25) is 0 Å². The van der Waals surface area contributed by atoms with Crippen molar-refractivity contribution in [2.45, 2.75) is 39.3 Å². The zero-order valence-electron chi connectivity index (χ0n) is 11.2. The molecule has 106 valence electrons. The Bertz CT molecular complexity index is 659. The molecule has 0 bridgehead atoms. The molecular weight excluding hydrogens is 373 g/mol. The van der Waals surface area contributed by atoms with Crippen molar-refractivity contribution >= 4 is 28.5 Å². The fourth-order valence-corrected chi connectivity index (χ4v) is 2.23. The van der Waals surface area contributed by atoms with Gasteiger partial charge in [0.25, 0.3) is 0 Å². The minimum absolute atomic E-state index is 0.0168. The van der Waals surface area contributed by atoms with Crippen molar-refractivity contribution in [2.24, 2.45) is 0 Å². The zero-order valence-corrected chi connectivity index (χ0v) is 13.3. The highest BCUT2D eigenvalue weighted by atomic mass is 127. The second-order valence-corrected chi connectivity index (χ2v) is 5.98. The van der Waals surface area contributed by atoms with Crippen LogP contribution in [0.15, 0.2) is 4.52 Å². The van der Waals surface area contributed by atoms with Crippen molar-refractivity contribution in [3.8, 4) is 0 Å². The third kappa shape index (κ3) is 2.69. The summed E-state index contributed by atoms with van der Waals surface area (Å²) >= 11 is 2.26. The lowest BCUT2D eigenvalue weighted by Crippen LogP contribution is -2.25. The predicted molar refractivity (Wildman–Crippen MR) is 78.3 cm³/mol. The van der Waals surface area contributed by atoms with E-state index in [2.05, 4.69) is 43.1 Å². The highest BCUT2D eigenvalue weighted by Gasteiger charge is 2.26. The molecule has 3 rings (SSSR count).